The molecule has 1 aromatic rings. The van der Waals surface area contributed by atoms with Crippen molar-refractivity contribution in [1.82, 2.24) is 5.01 Å². The number of allylic oxidation sites excluding steroid dienone is 2. The molecule has 0 spiro atoms. The van der Waals surface area contributed by atoms with Crippen LogP contribution in [-0.2, 0) is 9.59 Å². The molecule has 2 amide bonds. The number of nitrogens with zero attached hydrogens (tertiary/aromatic N) is 2. The van der Waals surface area contributed by atoms with E-state index in [2.05, 4.69) is 23.2 Å². The maximum atomic E-state index is 13.0. The van der Waals surface area contributed by atoms with Crippen molar-refractivity contribution >= 4 is 29.6 Å². The van der Waals surface area contributed by atoms with Crippen LogP contribution in [0, 0.1) is 47.9 Å². The molecule has 6 atom stereocenters. The second kappa shape index (κ2) is 7.17. The van der Waals surface area contributed by atoms with Gasteiger partial charge in [-0.1, -0.05) is 29.7 Å². The fraction of sp³-hybridized carbons (Fsp3) is 0.435. The van der Waals surface area contributed by atoms with Gasteiger partial charge in [0, 0.05) is 0 Å². The first-order valence-corrected chi connectivity index (χ1v) is 10.6. The number of imide groups is 1. The van der Waals surface area contributed by atoms with Crippen LogP contribution in [0.3, 0.4) is 0 Å². The predicted molar refractivity (Wildman–Crippen MR) is 111 cm³/mol. The molecule has 154 valence electrons. The van der Waals surface area contributed by atoms with E-state index in [1.165, 1.54) is 6.21 Å². The van der Waals surface area contributed by atoms with E-state index in [9.17, 15) is 9.59 Å². The molecule has 0 radical (unpaired) electrons. The largest absolute Gasteiger partial charge is 0.490 e. The third-order valence-corrected chi connectivity index (χ3v) is 6.87. The van der Waals surface area contributed by atoms with Crippen molar-refractivity contribution in [3.8, 4) is 23.8 Å². The number of hydrogen-bond acceptors (Lipinski definition) is 5. The van der Waals surface area contributed by atoms with E-state index < -0.39 is 0 Å². The van der Waals surface area contributed by atoms with E-state index in [0.717, 1.165) is 11.4 Å². The van der Waals surface area contributed by atoms with Gasteiger partial charge in [-0.05, 0) is 54.7 Å². The summed E-state index contributed by atoms with van der Waals surface area (Å²) in [5.74, 6) is 3.71. The Labute approximate surface area is 179 Å². The monoisotopic (exact) mass is 424 g/mol. The van der Waals surface area contributed by atoms with Crippen molar-refractivity contribution in [2.75, 3.05) is 13.2 Å². The number of carbonyl (C=O) groups is 2. The topological polar surface area (TPSA) is 68.2 Å². The molecule has 4 aliphatic carbocycles. The maximum absolute atomic E-state index is 13.0. The van der Waals surface area contributed by atoms with Gasteiger partial charge < -0.3 is 9.47 Å². The van der Waals surface area contributed by atoms with Gasteiger partial charge in [0.25, 0.3) is 11.8 Å². The first kappa shape index (κ1) is 19.2. The zero-order valence-corrected chi connectivity index (χ0v) is 17.2. The molecule has 2 bridgehead atoms. The van der Waals surface area contributed by atoms with Gasteiger partial charge in [-0.25, -0.2) is 0 Å². The Hall–Kier alpha value is -2.78. The molecule has 1 aromatic carbocycles. The number of terminal acetylenes is 1. The zero-order chi connectivity index (χ0) is 21.0. The number of ether oxygens (including phenoxy) is 2. The van der Waals surface area contributed by atoms with Crippen LogP contribution in [0.5, 0.6) is 11.5 Å². The third-order valence-electron chi connectivity index (χ3n) is 6.59. The smallest absolute Gasteiger partial charge is 0.254 e. The molecule has 7 heteroatoms. The van der Waals surface area contributed by atoms with Crippen molar-refractivity contribution in [2.45, 2.75) is 13.3 Å². The average Bonchev–Trinajstić information content (AvgIpc) is 3.51. The zero-order valence-electron chi connectivity index (χ0n) is 16.5. The fourth-order valence-electron chi connectivity index (χ4n) is 5.36. The summed E-state index contributed by atoms with van der Waals surface area (Å²) < 4.78 is 11.1. The van der Waals surface area contributed by atoms with Gasteiger partial charge >= 0.3 is 0 Å². The van der Waals surface area contributed by atoms with E-state index in [4.69, 9.17) is 27.5 Å². The maximum Gasteiger partial charge on any atom is 0.254 e. The van der Waals surface area contributed by atoms with Crippen LogP contribution in [0.25, 0.3) is 0 Å². The number of rotatable bonds is 6. The number of halogens is 1. The second-order valence-corrected chi connectivity index (χ2v) is 8.55. The molecule has 3 fully saturated rings. The minimum absolute atomic E-state index is 0.0607. The lowest BCUT2D eigenvalue weighted by Crippen LogP contribution is -2.40. The van der Waals surface area contributed by atoms with Crippen molar-refractivity contribution in [3.63, 3.8) is 0 Å². The molecule has 30 heavy (non-hydrogen) atoms. The minimum atomic E-state index is -0.268. The number of carbonyl (C=O) groups excluding carboxylic acids is 2. The Morgan fingerprint density at radius 3 is 2.47 bits per heavy atom. The van der Waals surface area contributed by atoms with Crippen LogP contribution in [-0.4, -0.2) is 36.3 Å². The Balaban J connectivity index is 1.40. The Bertz CT molecular complexity index is 991. The van der Waals surface area contributed by atoms with Crippen LogP contribution >= 0.6 is 11.6 Å². The van der Waals surface area contributed by atoms with Gasteiger partial charge in [0.05, 0.1) is 29.7 Å². The highest BCUT2D eigenvalue weighted by molar-refractivity contribution is 6.32. The number of hydrogen-bond donors (Lipinski definition) is 0. The SMILES string of the molecule is C#CCOc1c(Cl)cc(/C=N\N2C(=O)[C@@H]3[C@@H]4C=C[C@@H]([C@@H]5C[C@H]45)[C@@H]3C2=O)cc1OCC. The van der Waals surface area contributed by atoms with Gasteiger partial charge in [-0.15, -0.1) is 6.42 Å². The summed E-state index contributed by atoms with van der Waals surface area (Å²) in [6.07, 6.45) is 12.1. The standard InChI is InChI=1S/C23H21ClN2O4/c1-3-7-30-21-17(24)8-12(9-18(21)29-4-2)11-25-26-22(27)19-13-5-6-14(16-10-15(13)16)20(19)23(26)28/h1,5-6,8-9,11,13-16,19-20H,4,7,10H2,2H3/b25-11-/t13-,14+,15-,16+,19-,20+. The van der Waals surface area contributed by atoms with Crippen LogP contribution in [0.2, 0.25) is 5.02 Å². The number of benzene rings is 1. The van der Waals surface area contributed by atoms with Crippen LogP contribution in [0.4, 0.5) is 0 Å². The molecule has 0 aromatic heterocycles. The summed E-state index contributed by atoms with van der Waals surface area (Å²) in [5.41, 5.74) is 0.593. The first-order valence-electron chi connectivity index (χ1n) is 10.2. The van der Waals surface area contributed by atoms with E-state index >= 15 is 0 Å². The lowest BCUT2D eigenvalue weighted by Gasteiger charge is -2.37. The molecule has 6 rings (SSSR count). The van der Waals surface area contributed by atoms with Crippen molar-refractivity contribution in [2.24, 2.45) is 40.6 Å². The van der Waals surface area contributed by atoms with Crippen molar-refractivity contribution in [3.05, 3.63) is 34.9 Å². The normalized spacial score (nSPS) is 32.9. The van der Waals surface area contributed by atoms with E-state index in [1.54, 1.807) is 12.1 Å². The third kappa shape index (κ3) is 2.84. The summed E-state index contributed by atoms with van der Waals surface area (Å²) in [4.78, 5) is 26.0. The molecule has 6 nitrogen and oxygen atoms in total. The molecule has 1 heterocycles. The van der Waals surface area contributed by atoms with E-state index in [0.29, 0.717) is 40.5 Å². The average molecular weight is 425 g/mol. The quantitative estimate of drug-likeness (QED) is 0.304. The molecule has 2 saturated carbocycles. The summed E-state index contributed by atoms with van der Waals surface area (Å²) >= 11 is 6.33. The van der Waals surface area contributed by atoms with Crippen LogP contribution in [0.1, 0.15) is 18.9 Å². The molecule has 1 saturated heterocycles. The molecular weight excluding hydrogens is 404 g/mol. The highest BCUT2D eigenvalue weighted by Gasteiger charge is 2.67. The number of hydrazone groups is 1. The highest BCUT2D eigenvalue weighted by Crippen LogP contribution is 2.65. The molecule has 0 unspecified atom stereocenters. The van der Waals surface area contributed by atoms with Gasteiger partial charge in [-0.2, -0.15) is 10.1 Å². The highest BCUT2D eigenvalue weighted by atomic mass is 35.5. The molecular formula is C23H21ClN2O4. The van der Waals surface area contributed by atoms with Crippen LogP contribution in [0.15, 0.2) is 29.4 Å². The molecule has 0 N–H and O–H groups in total. The van der Waals surface area contributed by atoms with Crippen molar-refractivity contribution < 1.29 is 19.1 Å². The molecule has 1 aliphatic heterocycles. The summed E-state index contributed by atoms with van der Waals surface area (Å²) in [5, 5.41) is 5.60. The lowest BCUT2D eigenvalue weighted by molar-refractivity contribution is -0.140. The van der Waals surface area contributed by atoms with E-state index in [1.807, 2.05) is 6.92 Å². The minimum Gasteiger partial charge on any atom is -0.490 e. The Morgan fingerprint density at radius 2 is 1.87 bits per heavy atom. The summed E-state index contributed by atoms with van der Waals surface area (Å²) in [6.45, 7) is 2.31. The summed E-state index contributed by atoms with van der Waals surface area (Å²) in [7, 11) is 0. The molecule has 5 aliphatic rings. The van der Waals surface area contributed by atoms with Crippen molar-refractivity contribution in [1.29, 1.82) is 0 Å². The Kier molecular flexibility index (Phi) is 4.59. The van der Waals surface area contributed by atoms with Crippen LogP contribution < -0.4 is 9.47 Å². The Morgan fingerprint density at radius 1 is 1.20 bits per heavy atom. The first-order chi connectivity index (χ1) is 14.5. The fourth-order valence-corrected chi connectivity index (χ4v) is 5.63. The van der Waals surface area contributed by atoms with Gasteiger partial charge in [0.1, 0.15) is 6.61 Å². The predicted octanol–water partition coefficient (Wildman–Crippen LogP) is 3.14. The lowest BCUT2D eigenvalue weighted by atomic mass is 9.63. The van der Waals surface area contributed by atoms with Gasteiger partial charge in [-0.3, -0.25) is 9.59 Å². The van der Waals surface area contributed by atoms with E-state index in [-0.39, 0.29) is 42.1 Å². The van der Waals surface area contributed by atoms with Gasteiger partial charge in [0.15, 0.2) is 11.5 Å². The second-order valence-electron chi connectivity index (χ2n) is 8.14. The summed E-state index contributed by atoms with van der Waals surface area (Å²) in [6, 6.07) is 3.33. The van der Waals surface area contributed by atoms with Gasteiger partial charge in [0.2, 0.25) is 0 Å². The number of amides is 2.